The Labute approximate surface area is 121 Å². The van der Waals surface area contributed by atoms with Gasteiger partial charge in [-0.25, -0.2) is 0 Å². The second-order valence-corrected chi connectivity index (χ2v) is 6.01. The van der Waals surface area contributed by atoms with E-state index in [0.29, 0.717) is 18.6 Å². The number of nitrogens with zero attached hydrogens (tertiary/aromatic N) is 1. The van der Waals surface area contributed by atoms with Crippen LogP contribution in [0.3, 0.4) is 0 Å². The maximum absolute atomic E-state index is 12.1. The van der Waals surface area contributed by atoms with Gasteiger partial charge in [0.25, 0.3) is 0 Å². The molecule has 20 heavy (non-hydrogen) atoms. The Morgan fingerprint density at radius 2 is 1.90 bits per heavy atom. The van der Waals surface area contributed by atoms with E-state index in [9.17, 15) is 4.79 Å². The quantitative estimate of drug-likeness (QED) is 0.886. The lowest BCUT2D eigenvalue weighted by Gasteiger charge is -2.35. The molecule has 1 aliphatic heterocycles. The minimum Gasteiger partial charge on any atom is -0.325 e. The summed E-state index contributed by atoms with van der Waals surface area (Å²) in [4.78, 5) is 14.3. The van der Waals surface area contributed by atoms with Gasteiger partial charge in [0.15, 0.2) is 0 Å². The standard InChI is InChI=1S/C16H25N3O/c1-11-5-6-15(7-12(11)2)18-16(20)10-19-8-13(3)17-14(4)9-19/h5-7,13-14,17H,8-10H2,1-4H3,(H,18,20). The Balaban J connectivity index is 1.90. The Kier molecular flexibility index (Phi) is 4.78. The Morgan fingerprint density at radius 1 is 1.25 bits per heavy atom. The fraction of sp³-hybridized carbons (Fsp3) is 0.562. The zero-order valence-corrected chi connectivity index (χ0v) is 12.9. The van der Waals surface area contributed by atoms with Gasteiger partial charge in [-0.3, -0.25) is 9.69 Å². The summed E-state index contributed by atoms with van der Waals surface area (Å²) in [5.41, 5.74) is 3.33. The van der Waals surface area contributed by atoms with Crippen molar-refractivity contribution in [2.24, 2.45) is 0 Å². The maximum Gasteiger partial charge on any atom is 0.238 e. The second kappa shape index (κ2) is 6.37. The van der Waals surface area contributed by atoms with Gasteiger partial charge in [0.05, 0.1) is 6.54 Å². The fourth-order valence-electron chi connectivity index (χ4n) is 2.79. The highest BCUT2D eigenvalue weighted by Gasteiger charge is 2.22. The molecule has 1 heterocycles. The van der Waals surface area contributed by atoms with E-state index in [1.807, 2.05) is 18.2 Å². The van der Waals surface area contributed by atoms with Crippen LogP contribution in [-0.4, -0.2) is 42.5 Å². The van der Waals surface area contributed by atoms with Crippen LogP contribution < -0.4 is 10.6 Å². The van der Waals surface area contributed by atoms with E-state index in [-0.39, 0.29) is 5.91 Å². The predicted molar refractivity (Wildman–Crippen MR) is 83.0 cm³/mol. The molecule has 4 nitrogen and oxygen atoms in total. The third-order valence-corrected chi connectivity index (χ3v) is 3.79. The lowest BCUT2D eigenvalue weighted by Crippen LogP contribution is -2.55. The Bertz CT molecular complexity index is 477. The van der Waals surface area contributed by atoms with Gasteiger partial charge in [0, 0.05) is 30.9 Å². The number of amides is 1. The van der Waals surface area contributed by atoms with E-state index >= 15 is 0 Å². The number of anilines is 1. The third kappa shape index (κ3) is 4.05. The van der Waals surface area contributed by atoms with Crippen molar-refractivity contribution in [3.8, 4) is 0 Å². The number of carbonyl (C=O) groups excluding carboxylic acids is 1. The van der Waals surface area contributed by atoms with Crippen molar-refractivity contribution in [3.05, 3.63) is 29.3 Å². The van der Waals surface area contributed by atoms with Crippen molar-refractivity contribution in [2.75, 3.05) is 25.0 Å². The van der Waals surface area contributed by atoms with Crippen molar-refractivity contribution < 1.29 is 4.79 Å². The fourth-order valence-corrected chi connectivity index (χ4v) is 2.79. The molecule has 2 rings (SSSR count). The van der Waals surface area contributed by atoms with Crippen molar-refractivity contribution >= 4 is 11.6 Å². The van der Waals surface area contributed by atoms with E-state index in [2.05, 4.69) is 43.2 Å². The van der Waals surface area contributed by atoms with Gasteiger partial charge < -0.3 is 10.6 Å². The molecule has 110 valence electrons. The average molecular weight is 275 g/mol. The van der Waals surface area contributed by atoms with Crippen LogP contribution in [0.5, 0.6) is 0 Å². The molecule has 0 bridgehead atoms. The monoisotopic (exact) mass is 275 g/mol. The molecule has 0 spiro atoms. The minimum absolute atomic E-state index is 0.0644. The van der Waals surface area contributed by atoms with E-state index in [1.165, 1.54) is 11.1 Å². The Morgan fingerprint density at radius 3 is 2.50 bits per heavy atom. The van der Waals surface area contributed by atoms with Crippen LogP contribution in [0, 0.1) is 13.8 Å². The third-order valence-electron chi connectivity index (χ3n) is 3.79. The molecule has 0 saturated carbocycles. The molecule has 1 fully saturated rings. The summed E-state index contributed by atoms with van der Waals surface area (Å²) in [5, 5.41) is 6.46. The number of benzene rings is 1. The molecule has 0 radical (unpaired) electrons. The SMILES string of the molecule is Cc1ccc(NC(=O)CN2CC(C)NC(C)C2)cc1C. The number of piperazine rings is 1. The molecule has 0 aliphatic carbocycles. The van der Waals surface area contributed by atoms with Crippen molar-refractivity contribution in [3.63, 3.8) is 0 Å². The summed E-state index contributed by atoms with van der Waals surface area (Å²) >= 11 is 0. The van der Waals surface area contributed by atoms with Crippen LogP contribution in [0.2, 0.25) is 0 Å². The number of carbonyl (C=O) groups is 1. The van der Waals surface area contributed by atoms with Gasteiger partial charge in [-0.2, -0.15) is 0 Å². The average Bonchev–Trinajstić information content (AvgIpc) is 2.32. The largest absolute Gasteiger partial charge is 0.325 e. The Hall–Kier alpha value is -1.39. The van der Waals surface area contributed by atoms with Crippen LogP contribution in [0.25, 0.3) is 0 Å². The molecule has 1 aromatic carbocycles. The molecule has 2 atom stereocenters. The first-order chi connectivity index (χ1) is 9.44. The summed E-state index contributed by atoms with van der Waals surface area (Å²) in [6, 6.07) is 6.90. The molecule has 2 N–H and O–H groups in total. The van der Waals surface area contributed by atoms with E-state index in [4.69, 9.17) is 0 Å². The van der Waals surface area contributed by atoms with Gasteiger partial charge in [0.2, 0.25) is 5.91 Å². The molecule has 1 aliphatic rings. The van der Waals surface area contributed by atoms with E-state index in [1.54, 1.807) is 0 Å². The molecule has 1 amide bonds. The second-order valence-electron chi connectivity index (χ2n) is 6.01. The summed E-state index contributed by atoms with van der Waals surface area (Å²) in [6.45, 7) is 10.8. The zero-order chi connectivity index (χ0) is 14.7. The molecular weight excluding hydrogens is 250 g/mol. The van der Waals surface area contributed by atoms with Gasteiger partial charge in [-0.1, -0.05) is 6.07 Å². The van der Waals surface area contributed by atoms with Crippen LogP contribution in [0.15, 0.2) is 18.2 Å². The van der Waals surface area contributed by atoms with Crippen LogP contribution >= 0.6 is 0 Å². The molecular formula is C16H25N3O. The van der Waals surface area contributed by atoms with Crippen LogP contribution in [0.4, 0.5) is 5.69 Å². The first-order valence-corrected chi connectivity index (χ1v) is 7.29. The summed E-state index contributed by atoms with van der Waals surface area (Å²) in [7, 11) is 0. The summed E-state index contributed by atoms with van der Waals surface area (Å²) < 4.78 is 0. The first-order valence-electron chi connectivity index (χ1n) is 7.29. The van der Waals surface area contributed by atoms with Crippen molar-refractivity contribution in [2.45, 2.75) is 39.8 Å². The van der Waals surface area contributed by atoms with Crippen molar-refractivity contribution in [1.29, 1.82) is 0 Å². The highest BCUT2D eigenvalue weighted by molar-refractivity contribution is 5.92. The van der Waals surface area contributed by atoms with E-state index in [0.717, 1.165) is 18.8 Å². The lowest BCUT2D eigenvalue weighted by atomic mass is 10.1. The first kappa shape index (κ1) is 15.0. The topological polar surface area (TPSA) is 44.4 Å². The highest BCUT2D eigenvalue weighted by Crippen LogP contribution is 2.14. The number of hydrogen-bond donors (Lipinski definition) is 2. The molecule has 2 unspecified atom stereocenters. The molecule has 4 heteroatoms. The number of nitrogens with one attached hydrogen (secondary N) is 2. The van der Waals surface area contributed by atoms with Crippen molar-refractivity contribution in [1.82, 2.24) is 10.2 Å². The lowest BCUT2D eigenvalue weighted by molar-refractivity contribution is -0.117. The summed E-state index contributed by atoms with van der Waals surface area (Å²) in [5.74, 6) is 0.0644. The van der Waals surface area contributed by atoms with Gasteiger partial charge in [-0.15, -0.1) is 0 Å². The van der Waals surface area contributed by atoms with Gasteiger partial charge in [0.1, 0.15) is 0 Å². The van der Waals surface area contributed by atoms with Gasteiger partial charge >= 0.3 is 0 Å². The number of rotatable bonds is 3. The van der Waals surface area contributed by atoms with Crippen LogP contribution in [-0.2, 0) is 4.79 Å². The molecule has 1 saturated heterocycles. The smallest absolute Gasteiger partial charge is 0.238 e. The number of hydrogen-bond acceptors (Lipinski definition) is 3. The normalized spacial score (nSPS) is 23.6. The number of aryl methyl sites for hydroxylation is 2. The zero-order valence-electron chi connectivity index (χ0n) is 12.9. The van der Waals surface area contributed by atoms with Gasteiger partial charge in [-0.05, 0) is 51.0 Å². The maximum atomic E-state index is 12.1. The van der Waals surface area contributed by atoms with Crippen LogP contribution in [0.1, 0.15) is 25.0 Å². The summed E-state index contributed by atoms with van der Waals surface area (Å²) in [6.07, 6.45) is 0. The minimum atomic E-state index is 0.0644. The highest BCUT2D eigenvalue weighted by atomic mass is 16.2. The molecule has 1 aromatic rings. The predicted octanol–water partition coefficient (Wildman–Crippen LogP) is 1.92. The molecule has 0 aromatic heterocycles. The van der Waals surface area contributed by atoms with E-state index < -0.39 is 0 Å².